The summed E-state index contributed by atoms with van der Waals surface area (Å²) in [5.41, 5.74) is 6.38. The van der Waals surface area contributed by atoms with E-state index in [0.717, 1.165) is 6.08 Å². The van der Waals surface area contributed by atoms with Gasteiger partial charge in [0.15, 0.2) is 0 Å². The summed E-state index contributed by atoms with van der Waals surface area (Å²) in [5.74, 6) is 0.218. The van der Waals surface area contributed by atoms with Gasteiger partial charge < -0.3 is 10.5 Å². The first-order valence-corrected chi connectivity index (χ1v) is 4.55. The average Bonchev–Trinajstić information content (AvgIpc) is 2.30. The minimum Gasteiger partial charge on any atom is -0.423 e. The fourth-order valence-electron chi connectivity index (χ4n) is 1.28. The third-order valence-electron chi connectivity index (χ3n) is 2.02. The number of aromatic nitrogens is 2. The SMILES string of the molecule is C=CC(=O)Oc1ccc2ncnc(N)c2c1. The molecule has 0 spiro atoms. The molecule has 0 unspecified atom stereocenters. The Hall–Kier alpha value is -2.43. The van der Waals surface area contributed by atoms with Crippen LogP contribution in [0, 0.1) is 0 Å². The molecule has 0 aliphatic heterocycles. The third kappa shape index (κ3) is 1.83. The second kappa shape index (κ2) is 3.98. The lowest BCUT2D eigenvalue weighted by atomic mass is 10.2. The van der Waals surface area contributed by atoms with Gasteiger partial charge in [-0.2, -0.15) is 0 Å². The Morgan fingerprint density at radius 2 is 2.25 bits per heavy atom. The summed E-state index contributed by atoms with van der Waals surface area (Å²) < 4.78 is 4.96. The van der Waals surface area contributed by atoms with E-state index in [-0.39, 0.29) is 0 Å². The van der Waals surface area contributed by atoms with Gasteiger partial charge in [0.2, 0.25) is 0 Å². The molecule has 2 N–H and O–H groups in total. The molecule has 0 saturated heterocycles. The Balaban J connectivity index is 2.47. The summed E-state index contributed by atoms with van der Waals surface area (Å²) in [6, 6.07) is 4.96. The highest BCUT2D eigenvalue weighted by atomic mass is 16.5. The van der Waals surface area contributed by atoms with Crippen LogP contribution in [0.15, 0.2) is 37.2 Å². The van der Waals surface area contributed by atoms with Crippen molar-refractivity contribution in [3.8, 4) is 5.75 Å². The zero-order valence-corrected chi connectivity index (χ0v) is 8.38. The maximum Gasteiger partial charge on any atom is 0.335 e. The monoisotopic (exact) mass is 215 g/mol. The van der Waals surface area contributed by atoms with Gasteiger partial charge in [0.1, 0.15) is 17.9 Å². The number of carbonyl (C=O) groups is 1. The number of rotatable bonds is 2. The molecular formula is C11H9N3O2. The lowest BCUT2D eigenvalue weighted by molar-refractivity contribution is -0.128. The number of fused-ring (bicyclic) bond motifs is 1. The number of nitrogens with two attached hydrogens (primary N) is 1. The van der Waals surface area contributed by atoms with Crippen molar-refractivity contribution in [3.05, 3.63) is 37.2 Å². The van der Waals surface area contributed by atoms with Crippen molar-refractivity contribution in [2.75, 3.05) is 5.73 Å². The van der Waals surface area contributed by atoms with Crippen molar-refractivity contribution in [2.24, 2.45) is 0 Å². The second-order valence-corrected chi connectivity index (χ2v) is 3.06. The number of nitrogen functional groups attached to an aromatic ring is 1. The molecule has 0 aliphatic rings. The van der Waals surface area contributed by atoms with E-state index >= 15 is 0 Å². The molecule has 1 heterocycles. The van der Waals surface area contributed by atoms with Crippen LogP contribution in [0.3, 0.4) is 0 Å². The molecule has 0 atom stereocenters. The minimum absolute atomic E-state index is 0.349. The molecular weight excluding hydrogens is 206 g/mol. The summed E-state index contributed by atoms with van der Waals surface area (Å²) in [6.07, 6.45) is 2.47. The molecule has 5 nitrogen and oxygen atoms in total. The van der Waals surface area contributed by atoms with Gasteiger partial charge in [0.05, 0.1) is 5.52 Å². The molecule has 1 aromatic heterocycles. The van der Waals surface area contributed by atoms with E-state index in [9.17, 15) is 4.79 Å². The molecule has 2 aromatic rings. The summed E-state index contributed by atoms with van der Waals surface area (Å²) in [7, 11) is 0. The van der Waals surface area contributed by atoms with Crippen molar-refractivity contribution in [2.45, 2.75) is 0 Å². The van der Waals surface area contributed by atoms with Gasteiger partial charge in [-0.3, -0.25) is 0 Å². The first-order valence-electron chi connectivity index (χ1n) is 4.55. The Kier molecular flexibility index (Phi) is 2.51. The van der Waals surface area contributed by atoms with Gasteiger partial charge >= 0.3 is 5.97 Å². The Morgan fingerprint density at radius 3 is 3.00 bits per heavy atom. The van der Waals surface area contributed by atoms with Crippen LogP contribution >= 0.6 is 0 Å². The van der Waals surface area contributed by atoms with E-state index in [0.29, 0.717) is 22.5 Å². The zero-order chi connectivity index (χ0) is 11.5. The summed E-state index contributed by atoms with van der Waals surface area (Å²) in [5, 5.41) is 0.650. The largest absolute Gasteiger partial charge is 0.423 e. The van der Waals surface area contributed by atoms with E-state index in [2.05, 4.69) is 16.5 Å². The molecule has 0 fully saturated rings. The van der Waals surface area contributed by atoms with Gasteiger partial charge in [0.25, 0.3) is 0 Å². The Bertz CT molecular complexity index is 566. The van der Waals surface area contributed by atoms with Crippen LogP contribution in [0.5, 0.6) is 5.75 Å². The van der Waals surface area contributed by atoms with E-state index in [1.165, 1.54) is 6.33 Å². The van der Waals surface area contributed by atoms with Crippen molar-refractivity contribution in [1.82, 2.24) is 9.97 Å². The van der Waals surface area contributed by atoms with E-state index in [1.54, 1.807) is 18.2 Å². The number of hydrogen-bond acceptors (Lipinski definition) is 5. The summed E-state index contributed by atoms with van der Waals surface area (Å²) >= 11 is 0. The highest BCUT2D eigenvalue weighted by Crippen LogP contribution is 2.22. The highest BCUT2D eigenvalue weighted by Gasteiger charge is 2.04. The smallest absolute Gasteiger partial charge is 0.335 e. The standard InChI is InChI=1S/C11H9N3O2/c1-2-10(15)16-7-3-4-9-8(5-7)11(12)14-6-13-9/h2-6H,1H2,(H2,12,13,14). The molecule has 1 aromatic carbocycles. The number of benzene rings is 1. The molecule has 0 bridgehead atoms. The predicted molar refractivity (Wildman–Crippen MR) is 59.8 cm³/mol. The number of esters is 1. The van der Waals surface area contributed by atoms with E-state index in [1.807, 2.05) is 0 Å². The Morgan fingerprint density at radius 1 is 1.44 bits per heavy atom. The number of ether oxygens (including phenoxy) is 1. The number of carbonyl (C=O) groups excluding carboxylic acids is 1. The van der Waals surface area contributed by atoms with Gasteiger partial charge in [-0.05, 0) is 18.2 Å². The maximum absolute atomic E-state index is 11.0. The quantitative estimate of drug-likeness (QED) is 0.464. The highest BCUT2D eigenvalue weighted by molar-refractivity contribution is 5.90. The Labute approximate surface area is 91.6 Å². The fourth-order valence-corrected chi connectivity index (χ4v) is 1.28. The van der Waals surface area contributed by atoms with Crippen LogP contribution in [0.25, 0.3) is 10.9 Å². The summed E-state index contributed by atoms with van der Waals surface area (Å²) in [4.78, 5) is 18.9. The van der Waals surface area contributed by atoms with Crippen LogP contribution in [-0.4, -0.2) is 15.9 Å². The molecule has 80 valence electrons. The van der Waals surface area contributed by atoms with Gasteiger partial charge in [-0.1, -0.05) is 6.58 Å². The van der Waals surface area contributed by atoms with E-state index < -0.39 is 5.97 Å². The van der Waals surface area contributed by atoms with Gasteiger partial charge in [-0.25, -0.2) is 14.8 Å². The van der Waals surface area contributed by atoms with Crippen molar-refractivity contribution in [3.63, 3.8) is 0 Å². The third-order valence-corrected chi connectivity index (χ3v) is 2.02. The lowest BCUT2D eigenvalue weighted by Crippen LogP contribution is -2.03. The normalized spacial score (nSPS) is 10.0. The fraction of sp³-hybridized carbons (Fsp3) is 0. The van der Waals surface area contributed by atoms with Crippen LogP contribution in [0.2, 0.25) is 0 Å². The average molecular weight is 215 g/mol. The maximum atomic E-state index is 11.0. The van der Waals surface area contributed by atoms with Crippen molar-refractivity contribution in [1.29, 1.82) is 0 Å². The predicted octanol–water partition coefficient (Wildman–Crippen LogP) is 1.30. The molecule has 5 heteroatoms. The number of anilines is 1. The molecule has 2 rings (SSSR count). The van der Waals surface area contributed by atoms with Crippen LogP contribution in [-0.2, 0) is 4.79 Å². The van der Waals surface area contributed by atoms with Crippen molar-refractivity contribution < 1.29 is 9.53 Å². The van der Waals surface area contributed by atoms with Crippen LogP contribution in [0.4, 0.5) is 5.82 Å². The van der Waals surface area contributed by atoms with Gasteiger partial charge in [-0.15, -0.1) is 0 Å². The number of nitrogens with zero attached hydrogens (tertiary/aromatic N) is 2. The van der Waals surface area contributed by atoms with Crippen LogP contribution in [0.1, 0.15) is 0 Å². The second-order valence-electron chi connectivity index (χ2n) is 3.06. The van der Waals surface area contributed by atoms with E-state index in [4.69, 9.17) is 10.5 Å². The first-order chi connectivity index (χ1) is 7.70. The molecule has 0 saturated carbocycles. The van der Waals surface area contributed by atoms with Crippen LogP contribution < -0.4 is 10.5 Å². The lowest BCUT2D eigenvalue weighted by Gasteiger charge is -2.03. The van der Waals surface area contributed by atoms with Gasteiger partial charge in [0, 0.05) is 11.5 Å². The first kappa shape index (κ1) is 10.1. The minimum atomic E-state index is -0.519. The molecule has 0 amide bonds. The summed E-state index contributed by atoms with van der Waals surface area (Å²) in [6.45, 7) is 3.31. The molecule has 0 radical (unpaired) electrons. The van der Waals surface area contributed by atoms with Crippen molar-refractivity contribution >= 4 is 22.7 Å². The zero-order valence-electron chi connectivity index (χ0n) is 8.38. The molecule has 0 aliphatic carbocycles. The molecule has 16 heavy (non-hydrogen) atoms. The topological polar surface area (TPSA) is 78.1 Å². The number of hydrogen-bond donors (Lipinski definition) is 1.